The predicted molar refractivity (Wildman–Crippen MR) is 57.6 cm³/mol. The topological polar surface area (TPSA) is 54.4 Å². The Morgan fingerprint density at radius 1 is 1.35 bits per heavy atom. The molecule has 0 saturated heterocycles. The maximum absolute atomic E-state index is 12.4. The number of hydrogen-bond donors (Lipinski definition) is 1. The summed E-state index contributed by atoms with van der Waals surface area (Å²) in [5, 5.41) is 7.74. The average molecular weight is 263 g/mol. The van der Waals surface area contributed by atoms with E-state index in [0.717, 1.165) is 18.2 Å². The van der Waals surface area contributed by atoms with E-state index in [1.54, 1.807) is 0 Å². The fourth-order valence-electron chi connectivity index (χ4n) is 1.33. The van der Waals surface area contributed by atoms with E-state index >= 15 is 0 Å². The van der Waals surface area contributed by atoms with Crippen LogP contribution in [-0.2, 0) is 4.79 Å². The third-order valence-corrected chi connectivity index (χ3v) is 2.73. The van der Waals surface area contributed by atoms with Crippen LogP contribution >= 0.6 is 11.6 Å². The van der Waals surface area contributed by atoms with Gasteiger partial charge in [0.1, 0.15) is 5.38 Å². The molecule has 92 valence electrons. The number of carboxylic acid groups (broad SMARTS) is 1. The Hall–Kier alpha value is -1.49. The SMILES string of the molecule is CC(=O)C(Cl)c1ccc(C(F)F)cc1C(=O)O. The molecule has 0 fully saturated rings. The molecule has 1 N–H and O–H groups in total. The molecular formula is C11H9ClF2O3. The molecule has 0 spiro atoms. The number of carboxylic acids is 1. The lowest BCUT2D eigenvalue weighted by molar-refractivity contribution is -0.116. The van der Waals surface area contributed by atoms with Crippen molar-refractivity contribution in [1.82, 2.24) is 0 Å². The number of Topliss-reactive ketones (excluding diaryl/α,β-unsaturated/α-hetero) is 1. The van der Waals surface area contributed by atoms with Gasteiger partial charge in [-0.3, -0.25) is 4.79 Å². The van der Waals surface area contributed by atoms with Crippen LogP contribution in [0.25, 0.3) is 0 Å². The summed E-state index contributed by atoms with van der Waals surface area (Å²) < 4.78 is 24.8. The van der Waals surface area contributed by atoms with E-state index in [1.807, 2.05) is 0 Å². The van der Waals surface area contributed by atoms with Crippen molar-refractivity contribution < 1.29 is 23.5 Å². The van der Waals surface area contributed by atoms with E-state index in [4.69, 9.17) is 16.7 Å². The number of ketones is 1. The first kappa shape index (κ1) is 13.6. The van der Waals surface area contributed by atoms with E-state index in [0.29, 0.717) is 0 Å². The highest BCUT2D eigenvalue weighted by Gasteiger charge is 2.22. The molecule has 0 aromatic heterocycles. The van der Waals surface area contributed by atoms with Crippen LogP contribution in [0.3, 0.4) is 0 Å². The second kappa shape index (κ2) is 5.23. The van der Waals surface area contributed by atoms with Gasteiger partial charge in [0.05, 0.1) is 5.56 Å². The fraction of sp³-hybridized carbons (Fsp3) is 0.273. The van der Waals surface area contributed by atoms with Crippen LogP contribution in [0.15, 0.2) is 18.2 Å². The number of alkyl halides is 3. The highest BCUT2D eigenvalue weighted by Crippen LogP contribution is 2.29. The summed E-state index contributed by atoms with van der Waals surface area (Å²) in [5.74, 6) is -1.84. The summed E-state index contributed by atoms with van der Waals surface area (Å²) in [6.07, 6.45) is -2.77. The molecule has 0 aliphatic carbocycles. The van der Waals surface area contributed by atoms with E-state index in [2.05, 4.69) is 0 Å². The van der Waals surface area contributed by atoms with Crippen LogP contribution in [0.1, 0.15) is 40.2 Å². The lowest BCUT2D eigenvalue weighted by atomic mass is 9.99. The number of carbonyl (C=O) groups excluding carboxylic acids is 1. The summed E-state index contributed by atoms with van der Waals surface area (Å²) in [6.45, 7) is 1.20. The molecule has 17 heavy (non-hydrogen) atoms. The van der Waals surface area contributed by atoms with E-state index in [1.165, 1.54) is 6.92 Å². The minimum Gasteiger partial charge on any atom is -0.478 e. The maximum atomic E-state index is 12.4. The lowest BCUT2D eigenvalue weighted by Crippen LogP contribution is -2.10. The monoisotopic (exact) mass is 262 g/mol. The van der Waals surface area contributed by atoms with Crippen LogP contribution in [0, 0.1) is 0 Å². The normalized spacial score (nSPS) is 12.5. The number of benzene rings is 1. The molecule has 0 saturated carbocycles. The van der Waals surface area contributed by atoms with E-state index < -0.39 is 29.1 Å². The van der Waals surface area contributed by atoms with Crippen LogP contribution in [-0.4, -0.2) is 16.9 Å². The van der Waals surface area contributed by atoms with Crippen molar-refractivity contribution in [2.24, 2.45) is 0 Å². The fourth-order valence-corrected chi connectivity index (χ4v) is 1.53. The molecule has 1 atom stereocenters. The Bertz CT molecular complexity index is 460. The van der Waals surface area contributed by atoms with Crippen LogP contribution in [0.2, 0.25) is 0 Å². The third kappa shape index (κ3) is 3.00. The summed E-state index contributed by atoms with van der Waals surface area (Å²) in [5.41, 5.74) is -0.771. The highest BCUT2D eigenvalue weighted by molar-refractivity contribution is 6.31. The zero-order valence-electron chi connectivity index (χ0n) is 8.78. The summed E-state index contributed by atoms with van der Waals surface area (Å²) >= 11 is 5.72. The predicted octanol–water partition coefficient (Wildman–Crippen LogP) is 3.19. The minimum atomic E-state index is -2.77. The Labute approximate surface area is 101 Å². The van der Waals surface area contributed by atoms with Crippen molar-refractivity contribution in [3.05, 3.63) is 34.9 Å². The zero-order valence-corrected chi connectivity index (χ0v) is 9.54. The highest BCUT2D eigenvalue weighted by atomic mass is 35.5. The summed E-state index contributed by atoms with van der Waals surface area (Å²) in [4.78, 5) is 22.0. The van der Waals surface area contributed by atoms with Gasteiger partial charge in [0.15, 0.2) is 5.78 Å². The molecule has 1 rings (SSSR count). The first-order valence-corrected chi connectivity index (χ1v) is 5.08. The van der Waals surface area contributed by atoms with E-state index in [9.17, 15) is 18.4 Å². The van der Waals surface area contributed by atoms with Crippen molar-refractivity contribution in [3.63, 3.8) is 0 Å². The minimum absolute atomic E-state index is 0.0241. The molecular weight excluding hydrogens is 254 g/mol. The number of rotatable bonds is 4. The summed E-state index contributed by atoms with van der Waals surface area (Å²) in [6, 6.07) is 3.04. The number of halogens is 3. The number of aromatic carboxylic acids is 1. The Balaban J connectivity index is 3.32. The molecule has 1 unspecified atom stereocenters. The standard InChI is InChI=1S/C11H9ClF2O3/c1-5(15)9(12)7-3-2-6(10(13)14)4-8(7)11(16)17/h2-4,9-10H,1H3,(H,16,17). The maximum Gasteiger partial charge on any atom is 0.336 e. The molecule has 0 aliphatic rings. The average Bonchev–Trinajstić information content (AvgIpc) is 2.26. The van der Waals surface area contributed by atoms with Gasteiger partial charge in [0.2, 0.25) is 0 Å². The first-order chi connectivity index (χ1) is 7.84. The molecule has 0 radical (unpaired) electrons. The summed E-state index contributed by atoms with van der Waals surface area (Å²) in [7, 11) is 0. The molecule has 0 amide bonds. The van der Waals surface area contributed by atoms with Crippen molar-refractivity contribution in [3.8, 4) is 0 Å². The van der Waals surface area contributed by atoms with Crippen LogP contribution in [0.4, 0.5) is 8.78 Å². The van der Waals surface area contributed by atoms with Gasteiger partial charge in [0.25, 0.3) is 6.43 Å². The van der Waals surface area contributed by atoms with Crippen molar-refractivity contribution >= 4 is 23.4 Å². The van der Waals surface area contributed by atoms with Gasteiger partial charge in [0, 0.05) is 5.56 Å². The molecule has 0 aliphatic heterocycles. The third-order valence-electron chi connectivity index (χ3n) is 2.19. The van der Waals surface area contributed by atoms with Gasteiger partial charge >= 0.3 is 5.97 Å². The van der Waals surface area contributed by atoms with Gasteiger partial charge in [-0.25, -0.2) is 13.6 Å². The molecule has 6 heteroatoms. The van der Waals surface area contributed by atoms with Crippen molar-refractivity contribution in [2.45, 2.75) is 18.7 Å². The van der Waals surface area contributed by atoms with Crippen molar-refractivity contribution in [1.29, 1.82) is 0 Å². The lowest BCUT2D eigenvalue weighted by Gasteiger charge is -2.11. The second-order valence-electron chi connectivity index (χ2n) is 3.43. The second-order valence-corrected chi connectivity index (χ2v) is 3.86. The zero-order chi connectivity index (χ0) is 13.2. The quantitative estimate of drug-likeness (QED) is 0.848. The first-order valence-electron chi connectivity index (χ1n) is 4.64. The van der Waals surface area contributed by atoms with Crippen LogP contribution < -0.4 is 0 Å². The molecule has 1 aromatic carbocycles. The van der Waals surface area contributed by atoms with Gasteiger partial charge in [-0.2, -0.15) is 0 Å². The molecule has 3 nitrogen and oxygen atoms in total. The van der Waals surface area contributed by atoms with E-state index in [-0.39, 0.29) is 11.1 Å². The Kier molecular flexibility index (Phi) is 4.17. The Morgan fingerprint density at radius 2 is 1.94 bits per heavy atom. The van der Waals surface area contributed by atoms with Gasteiger partial charge in [-0.05, 0) is 18.6 Å². The van der Waals surface area contributed by atoms with Gasteiger partial charge in [-0.15, -0.1) is 11.6 Å². The largest absolute Gasteiger partial charge is 0.478 e. The molecule has 0 heterocycles. The number of hydrogen-bond acceptors (Lipinski definition) is 2. The number of carbonyl (C=O) groups is 2. The van der Waals surface area contributed by atoms with Crippen LogP contribution in [0.5, 0.6) is 0 Å². The van der Waals surface area contributed by atoms with Gasteiger partial charge in [-0.1, -0.05) is 12.1 Å². The Morgan fingerprint density at radius 3 is 2.35 bits per heavy atom. The molecule has 1 aromatic rings. The van der Waals surface area contributed by atoms with Crippen molar-refractivity contribution in [2.75, 3.05) is 0 Å². The van der Waals surface area contributed by atoms with Gasteiger partial charge < -0.3 is 5.11 Å². The molecule has 0 bridgehead atoms. The smallest absolute Gasteiger partial charge is 0.336 e.